The normalized spacial score (nSPS) is 12.3. The number of rotatable bonds is 5. The maximum absolute atomic E-state index is 11.9. The predicted octanol–water partition coefficient (Wildman–Crippen LogP) is 4.83. The summed E-state index contributed by atoms with van der Waals surface area (Å²) in [5.74, 6) is 0.350. The number of Topliss-reactive ketones (excluding diaryl/α,β-unsaturated/α-hetero) is 1. The highest BCUT2D eigenvalue weighted by Gasteiger charge is 2.20. The van der Waals surface area contributed by atoms with Crippen molar-refractivity contribution in [1.29, 1.82) is 0 Å². The molecule has 0 aromatic heterocycles. The molecule has 1 N–H and O–H groups in total. The summed E-state index contributed by atoms with van der Waals surface area (Å²) < 4.78 is 0. The molecule has 0 heterocycles. The van der Waals surface area contributed by atoms with Gasteiger partial charge in [-0.15, -0.1) is 0 Å². The Balaban J connectivity index is 2.45. The minimum atomic E-state index is -0.208. The molecule has 1 aromatic rings. The fraction of sp³-hybridized carbons (Fsp3) is 0.611. The van der Waals surface area contributed by atoms with Crippen LogP contribution in [0.5, 0.6) is 0 Å². The smallest absolute Gasteiger partial charge is 0.138 e. The van der Waals surface area contributed by atoms with Crippen molar-refractivity contribution in [2.75, 3.05) is 5.32 Å². The molecule has 0 saturated carbocycles. The van der Waals surface area contributed by atoms with E-state index in [0.717, 1.165) is 18.5 Å². The van der Waals surface area contributed by atoms with Gasteiger partial charge in [-0.25, -0.2) is 0 Å². The molecule has 1 aromatic carbocycles. The second-order valence-electron chi connectivity index (χ2n) is 7.60. The first-order valence-corrected chi connectivity index (χ1v) is 7.48. The zero-order valence-electron chi connectivity index (χ0n) is 13.8. The number of hydrogen-bond acceptors (Lipinski definition) is 2. The quantitative estimate of drug-likeness (QED) is 0.833. The second kappa shape index (κ2) is 6.43. The lowest BCUT2D eigenvalue weighted by molar-refractivity contribution is -0.126. The molecule has 0 unspecified atom stereocenters. The third-order valence-corrected chi connectivity index (χ3v) is 3.18. The minimum Gasteiger partial charge on any atom is -0.380 e. The van der Waals surface area contributed by atoms with Gasteiger partial charge in [0.25, 0.3) is 0 Å². The summed E-state index contributed by atoms with van der Waals surface area (Å²) in [6, 6.07) is 8.53. The molecule has 0 spiro atoms. The van der Waals surface area contributed by atoms with Crippen LogP contribution in [0, 0.1) is 5.41 Å². The molecule has 0 aliphatic rings. The van der Waals surface area contributed by atoms with Gasteiger partial charge in [0.1, 0.15) is 5.78 Å². The van der Waals surface area contributed by atoms with E-state index in [9.17, 15) is 4.79 Å². The summed E-state index contributed by atoms with van der Waals surface area (Å²) in [7, 11) is 0. The molecule has 0 saturated heterocycles. The number of carbonyl (C=O) groups excluding carboxylic acids is 1. The molecule has 0 radical (unpaired) electrons. The second-order valence-corrected chi connectivity index (χ2v) is 7.60. The summed E-state index contributed by atoms with van der Waals surface area (Å²) in [6.07, 6.45) is 2.57. The highest BCUT2D eigenvalue weighted by atomic mass is 16.1. The van der Waals surface area contributed by atoms with Crippen LogP contribution in [0.1, 0.15) is 59.9 Å². The van der Waals surface area contributed by atoms with E-state index in [2.05, 4.69) is 50.4 Å². The van der Waals surface area contributed by atoms with Crippen molar-refractivity contribution in [3.05, 3.63) is 29.8 Å². The molecule has 0 bridgehead atoms. The van der Waals surface area contributed by atoms with Crippen LogP contribution in [0.3, 0.4) is 0 Å². The van der Waals surface area contributed by atoms with Gasteiger partial charge in [0, 0.05) is 23.1 Å². The first-order chi connectivity index (χ1) is 9.08. The van der Waals surface area contributed by atoms with E-state index in [-0.39, 0.29) is 11.0 Å². The average molecular weight is 275 g/mol. The Morgan fingerprint density at radius 2 is 1.55 bits per heavy atom. The third-order valence-electron chi connectivity index (χ3n) is 3.18. The van der Waals surface area contributed by atoms with Crippen LogP contribution >= 0.6 is 0 Å². The lowest BCUT2D eigenvalue weighted by Gasteiger charge is -2.22. The number of benzene rings is 1. The lowest BCUT2D eigenvalue weighted by atomic mass is 9.87. The van der Waals surface area contributed by atoms with E-state index in [1.54, 1.807) is 0 Å². The van der Waals surface area contributed by atoms with Crippen LogP contribution in [-0.2, 0) is 11.2 Å². The van der Waals surface area contributed by atoms with E-state index in [0.29, 0.717) is 12.2 Å². The van der Waals surface area contributed by atoms with Gasteiger partial charge in [-0.3, -0.25) is 4.79 Å². The van der Waals surface area contributed by atoms with Gasteiger partial charge in [-0.05, 0) is 51.3 Å². The molecule has 0 aliphatic heterocycles. The van der Waals surface area contributed by atoms with E-state index in [1.807, 2.05) is 20.8 Å². The van der Waals surface area contributed by atoms with Gasteiger partial charge >= 0.3 is 0 Å². The Hall–Kier alpha value is -1.31. The van der Waals surface area contributed by atoms with Crippen LogP contribution in [0.4, 0.5) is 5.69 Å². The monoisotopic (exact) mass is 275 g/mol. The zero-order chi connectivity index (χ0) is 15.4. The fourth-order valence-corrected chi connectivity index (χ4v) is 2.02. The van der Waals surface area contributed by atoms with Crippen molar-refractivity contribution in [1.82, 2.24) is 0 Å². The Morgan fingerprint density at radius 3 is 2.00 bits per heavy atom. The molecule has 112 valence electrons. The topological polar surface area (TPSA) is 29.1 Å². The standard InChI is InChI=1S/C18H29NO/c1-17(2,3)16(20)9-7-8-14-10-12-15(13-11-14)19-18(4,5)6/h10-13,19H,7-9H2,1-6H3. The maximum atomic E-state index is 11.9. The fourth-order valence-electron chi connectivity index (χ4n) is 2.02. The molecule has 1 rings (SSSR count). The summed E-state index contributed by atoms with van der Waals surface area (Å²) in [5, 5.41) is 3.45. The molecular formula is C18H29NO. The molecule has 0 aliphatic carbocycles. The Bertz CT molecular complexity index is 432. The van der Waals surface area contributed by atoms with Crippen LogP contribution in [-0.4, -0.2) is 11.3 Å². The van der Waals surface area contributed by atoms with E-state index < -0.39 is 0 Å². The summed E-state index contributed by atoms with van der Waals surface area (Å²) in [5.41, 5.74) is 2.32. The average Bonchev–Trinajstić information content (AvgIpc) is 2.28. The summed E-state index contributed by atoms with van der Waals surface area (Å²) >= 11 is 0. The van der Waals surface area contributed by atoms with Gasteiger partial charge < -0.3 is 5.32 Å². The predicted molar refractivity (Wildman–Crippen MR) is 87.2 cm³/mol. The zero-order valence-corrected chi connectivity index (χ0v) is 13.8. The molecule has 0 fully saturated rings. The van der Waals surface area contributed by atoms with Gasteiger partial charge in [-0.2, -0.15) is 0 Å². The van der Waals surface area contributed by atoms with Crippen LogP contribution < -0.4 is 5.32 Å². The molecule has 0 atom stereocenters. The van der Waals surface area contributed by atoms with E-state index >= 15 is 0 Å². The lowest BCUT2D eigenvalue weighted by Crippen LogP contribution is -2.25. The maximum Gasteiger partial charge on any atom is 0.138 e. The highest BCUT2D eigenvalue weighted by molar-refractivity contribution is 5.83. The van der Waals surface area contributed by atoms with Crippen molar-refractivity contribution < 1.29 is 4.79 Å². The number of carbonyl (C=O) groups is 1. The largest absolute Gasteiger partial charge is 0.380 e. The number of ketones is 1. The Labute approximate surface area is 124 Å². The number of anilines is 1. The highest BCUT2D eigenvalue weighted by Crippen LogP contribution is 2.20. The minimum absolute atomic E-state index is 0.0840. The first kappa shape index (κ1) is 16.7. The molecular weight excluding hydrogens is 246 g/mol. The molecule has 2 heteroatoms. The van der Waals surface area contributed by atoms with Crippen LogP contribution in [0.2, 0.25) is 0 Å². The summed E-state index contributed by atoms with van der Waals surface area (Å²) in [4.78, 5) is 11.9. The van der Waals surface area contributed by atoms with Crippen molar-refractivity contribution in [2.45, 2.75) is 66.3 Å². The van der Waals surface area contributed by atoms with Crippen LogP contribution in [0.25, 0.3) is 0 Å². The van der Waals surface area contributed by atoms with Gasteiger partial charge in [0.15, 0.2) is 0 Å². The van der Waals surface area contributed by atoms with E-state index in [1.165, 1.54) is 5.56 Å². The van der Waals surface area contributed by atoms with Crippen molar-refractivity contribution in [2.24, 2.45) is 5.41 Å². The number of hydrogen-bond donors (Lipinski definition) is 1. The third kappa shape index (κ3) is 6.23. The van der Waals surface area contributed by atoms with Gasteiger partial charge in [0.05, 0.1) is 0 Å². The van der Waals surface area contributed by atoms with Gasteiger partial charge in [-0.1, -0.05) is 32.9 Å². The molecule has 2 nitrogen and oxygen atoms in total. The van der Waals surface area contributed by atoms with Crippen LogP contribution in [0.15, 0.2) is 24.3 Å². The molecule has 20 heavy (non-hydrogen) atoms. The van der Waals surface area contributed by atoms with Gasteiger partial charge in [0.2, 0.25) is 0 Å². The Kier molecular flexibility index (Phi) is 5.38. The van der Waals surface area contributed by atoms with E-state index in [4.69, 9.17) is 0 Å². The molecule has 0 amide bonds. The Morgan fingerprint density at radius 1 is 1.00 bits per heavy atom. The number of aryl methyl sites for hydroxylation is 1. The van der Waals surface area contributed by atoms with Crippen molar-refractivity contribution in [3.8, 4) is 0 Å². The SMILES string of the molecule is CC(C)(C)Nc1ccc(CCCC(=O)C(C)(C)C)cc1. The summed E-state index contributed by atoms with van der Waals surface area (Å²) in [6.45, 7) is 12.4. The number of nitrogens with one attached hydrogen (secondary N) is 1. The van der Waals surface area contributed by atoms with Crippen molar-refractivity contribution >= 4 is 11.5 Å². The van der Waals surface area contributed by atoms with Crippen molar-refractivity contribution in [3.63, 3.8) is 0 Å². The first-order valence-electron chi connectivity index (χ1n) is 7.48.